The van der Waals surface area contributed by atoms with Gasteiger partial charge in [0.05, 0.1) is 11.9 Å². The molecule has 0 saturated carbocycles. The maximum atomic E-state index is 13.1. The van der Waals surface area contributed by atoms with Gasteiger partial charge < -0.3 is 14.5 Å². The molecule has 3 amide bonds. The maximum absolute atomic E-state index is 13.1. The summed E-state index contributed by atoms with van der Waals surface area (Å²) in [6, 6.07) is 16.9. The lowest BCUT2D eigenvalue weighted by molar-refractivity contribution is 0.0671. The summed E-state index contributed by atoms with van der Waals surface area (Å²) in [7, 11) is 0. The van der Waals surface area contributed by atoms with Gasteiger partial charge in [0, 0.05) is 73.7 Å². The van der Waals surface area contributed by atoms with E-state index in [9.17, 15) is 9.59 Å². The predicted octanol–water partition coefficient (Wildman–Crippen LogP) is 3.50. The van der Waals surface area contributed by atoms with Crippen molar-refractivity contribution in [3.05, 3.63) is 96.7 Å². The first-order valence-electron chi connectivity index (χ1n) is 11.9. The van der Waals surface area contributed by atoms with Gasteiger partial charge in [-0.15, -0.1) is 0 Å². The highest BCUT2D eigenvalue weighted by Gasteiger charge is 2.25. The van der Waals surface area contributed by atoms with Crippen LogP contribution in [-0.4, -0.2) is 67.9 Å². The van der Waals surface area contributed by atoms with Crippen LogP contribution in [0.15, 0.2) is 85.6 Å². The molecule has 10 nitrogen and oxygen atoms in total. The smallest absolute Gasteiger partial charge is 0.323 e. The number of ether oxygens (including phenoxy) is 1. The van der Waals surface area contributed by atoms with Gasteiger partial charge in [-0.25, -0.2) is 14.8 Å². The zero-order valence-electron chi connectivity index (χ0n) is 20.0. The zero-order valence-corrected chi connectivity index (χ0v) is 20.0. The van der Waals surface area contributed by atoms with Gasteiger partial charge in [0.1, 0.15) is 6.61 Å². The van der Waals surface area contributed by atoms with E-state index in [1.807, 2.05) is 42.5 Å². The van der Waals surface area contributed by atoms with Crippen molar-refractivity contribution in [1.29, 1.82) is 0 Å². The van der Waals surface area contributed by atoms with Gasteiger partial charge in [-0.2, -0.15) is 0 Å². The number of pyridine rings is 2. The minimum atomic E-state index is -0.265. The van der Waals surface area contributed by atoms with Gasteiger partial charge in [-0.1, -0.05) is 36.4 Å². The number of benzene rings is 1. The summed E-state index contributed by atoms with van der Waals surface area (Å²) in [4.78, 5) is 45.6. The van der Waals surface area contributed by atoms with Crippen LogP contribution >= 0.6 is 0 Å². The summed E-state index contributed by atoms with van der Waals surface area (Å²) in [6.45, 7) is 1.96. The summed E-state index contributed by atoms with van der Waals surface area (Å²) in [6.07, 6.45) is 7.87. The average molecular weight is 496 g/mol. The van der Waals surface area contributed by atoms with Crippen LogP contribution in [0.5, 0.6) is 5.88 Å². The van der Waals surface area contributed by atoms with Crippen molar-refractivity contribution in [1.82, 2.24) is 29.7 Å². The Bertz CT molecular complexity index is 1340. The third-order valence-corrected chi connectivity index (χ3v) is 5.92. The first kappa shape index (κ1) is 23.9. The van der Waals surface area contributed by atoms with Crippen LogP contribution < -0.4 is 10.1 Å². The van der Waals surface area contributed by atoms with E-state index in [0.29, 0.717) is 43.4 Å². The van der Waals surface area contributed by atoms with Crippen molar-refractivity contribution in [3.8, 4) is 17.1 Å². The van der Waals surface area contributed by atoms with Crippen molar-refractivity contribution in [2.75, 3.05) is 31.5 Å². The molecular weight excluding hydrogens is 470 g/mol. The number of piperazine rings is 1. The van der Waals surface area contributed by atoms with Crippen molar-refractivity contribution < 1.29 is 14.3 Å². The number of urea groups is 1. The minimum absolute atomic E-state index is 0.130. The monoisotopic (exact) mass is 495 g/mol. The van der Waals surface area contributed by atoms with Gasteiger partial charge in [0.2, 0.25) is 5.88 Å². The number of hydrogen-bond donors (Lipinski definition) is 1. The lowest BCUT2D eigenvalue weighted by Gasteiger charge is -2.34. The predicted molar refractivity (Wildman–Crippen MR) is 137 cm³/mol. The highest BCUT2D eigenvalue weighted by Crippen LogP contribution is 2.18. The normalized spacial score (nSPS) is 13.2. The van der Waals surface area contributed by atoms with E-state index in [-0.39, 0.29) is 18.5 Å². The Balaban J connectivity index is 1.13. The number of anilines is 1. The molecule has 1 aliphatic heterocycles. The van der Waals surface area contributed by atoms with E-state index >= 15 is 0 Å². The van der Waals surface area contributed by atoms with E-state index in [4.69, 9.17) is 4.74 Å². The number of nitrogens with zero attached hydrogens (tertiary/aromatic N) is 6. The van der Waals surface area contributed by atoms with E-state index < -0.39 is 0 Å². The molecular formula is C27H25N7O3. The van der Waals surface area contributed by atoms with Gasteiger partial charge >= 0.3 is 6.03 Å². The summed E-state index contributed by atoms with van der Waals surface area (Å²) >= 11 is 0. The fourth-order valence-electron chi connectivity index (χ4n) is 3.92. The van der Waals surface area contributed by atoms with E-state index in [1.165, 1.54) is 18.6 Å². The second-order valence-electron chi connectivity index (χ2n) is 8.39. The fourth-order valence-corrected chi connectivity index (χ4v) is 3.92. The lowest BCUT2D eigenvalue weighted by Crippen LogP contribution is -2.51. The van der Waals surface area contributed by atoms with Gasteiger partial charge in [0.15, 0.2) is 5.82 Å². The Morgan fingerprint density at radius 3 is 2.38 bits per heavy atom. The first-order chi connectivity index (χ1) is 18.2. The molecule has 10 heteroatoms. The molecule has 4 heterocycles. The quantitative estimate of drug-likeness (QED) is 0.436. The number of carbonyl (C=O) groups is 2. The molecule has 1 aromatic carbocycles. The maximum Gasteiger partial charge on any atom is 0.323 e. The van der Waals surface area contributed by atoms with Crippen LogP contribution in [0, 0.1) is 0 Å². The molecule has 4 aromatic rings. The number of carbonyl (C=O) groups excluding carboxylic acids is 2. The second-order valence-corrected chi connectivity index (χ2v) is 8.39. The summed E-state index contributed by atoms with van der Waals surface area (Å²) in [5.74, 6) is 0.619. The summed E-state index contributed by atoms with van der Waals surface area (Å²) in [5, 5.41) is 2.71. The topological polar surface area (TPSA) is 113 Å². The van der Waals surface area contributed by atoms with Gasteiger partial charge in [-0.3, -0.25) is 20.1 Å². The van der Waals surface area contributed by atoms with E-state index in [2.05, 4.69) is 25.3 Å². The molecule has 0 radical (unpaired) electrons. The fraction of sp³-hybridized carbons (Fsp3) is 0.185. The second kappa shape index (κ2) is 11.3. The van der Waals surface area contributed by atoms with Gasteiger partial charge in [0.25, 0.3) is 5.91 Å². The molecule has 186 valence electrons. The Kier molecular flexibility index (Phi) is 7.26. The first-order valence-corrected chi connectivity index (χ1v) is 11.9. The minimum Gasteiger partial charge on any atom is -0.473 e. The van der Waals surface area contributed by atoms with Gasteiger partial charge in [-0.05, 0) is 12.1 Å². The molecule has 3 aromatic heterocycles. The van der Waals surface area contributed by atoms with Crippen molar-refractivity contribution in [2.24, 2.45) is 0 Å². The van der Waals surface area contributed by atoms with Crippen molar-refractivity contribution in [2.45, 2.75) is 6.61 Å². The molecule has 5 rings (SSSR count). The summed E-state index contributed by atoms with van der Waals surface area (Å²) in [5.41, 5.74) is 3.32. The standard InChI is InChI=1S/C27H25N7O3/c35-26(33-12-14-34(15-13-33)27(36)32-24-18-28-10-11-29-24)22-8-9-30-25(16-22)37-19-20-6-7-23(31-17-20)21-4-2-1-3-5-21/h1-11,16-18H,12-15,19H2,(H,29,32,36). The number of nitrogens with one attached hydrogen (secondary N) is 1. The van der Waals surface area contributed by atoms with Crippen LogP contribution in [-0.2, 0) is 6.61 Å². The number of rotatable bonds is 6. The SMILES string of the molecule is O=C(Nc1cnccn1)N1CCN(C(=O)c2ccnc(OCc3ccc(-c4ccccc4)nc3)c2)CC1. The highest BCUT2D eigenvalue weighted by atomic mass is 16.5. The molecule has 1 saturated heterocycles. The lowest BCUT2D eigenvalue weighted by atomic mass is 10.1. The molecule has 0 aliphatic carbocycles. The largest absolute Gasteiger partial charge is 0.473 e. The Morgan fingerprint density at radius 1 is 0.838 bits per heavy atom. The average Bonchev–Trinajstić information content (AvgIpc) is 2.97. The summed E-state index contributed by atoms with van der Waals surface area (Å²) < 4.78 is 5.83. The molecule has 0 spiro atoms. The Morgan fingerprint density at radius 2 is 1.65 bits per heavy atom. The van der Waals surface area contributed by atoms with E-state index in [1.54, 1.807) is 34.3 Å². The molecule has 1 N–H and O–H groups in total. The van der Waals surface area contributed by atoms with Crippen LogP contribution in [0.4, 0.5) is 10.6 Å². The number of aromatic nitrogens is 4. The molecule has 1 aliphatic rings. The molecule has 37 heavy (non-hydrogen) atoms. The molecule has 0 bridgehead atoms. The third-order valence-electron chi connectivity index (χ3n) is 5.92. The highest BCUT2D eigenvalue weighted by molar-refractivity contribution is 5.95. The molecule has 0 atom stereocenters. The van der Waals surface area contributed by atoms with Crippen LogP contribution in [0.25, 0.3) is 11.3 Å². The van der Waals surface area contributed by atoms with Crippen LogP contribution in [0.3, 0.4) is 0 Å². The number of hydrogen-bond acceptors (Lipinski definition) is 7. The Hall–Kier alpha value is -4.86. The van der Waals surface area contributed by atoms with Crippen molar-refractivity contribution >= 4 is 17.8 Å². The van der Waals surface area contributed by atoms with Crippen molar-refractivity contribution in [3.63, 3.8) is 0 Å². The zero-order chi connectivity index (χ0) is 25.5. The number of amides is 3. The Labute approximate surface area is 214 Å². The molecule has 0 unspecified atom stereocenters. The molecule has 1 fully saturated rings. The van der Waals surface area contributed by atoms with Crippen LogP contribution in [0.2, 0.25) is 0 Å². The third kappa shape index (κ3) is 6.04. The van der Waals surface area contributed by atoms with E-state index in [0.717, 1.165) is 16.8 Å². The van der Waals surface area contributed by atoms with Crippen LogP contribution in [0.1, 0.15) is 15.9 Å².